The average Bonchev–Trinajstić information content (AvgIpc) is 2.93. The number of nitrogens with one attached hydrogen (secondary N) is 1. The van der Waals surface area contributed by atoms with Gasteiger partial charge >= 0.3 is 0 Å². The van der Waals surface area contributed by atoms with Crippen LogP contribution in [0.1, 0.15) is 11.7 Å². The Labute approximate surface area is 112 Å². The highest BCUT2D eigenvalue weighted by Gasteiger charge is 2.08. The van der Waals surface area contributed by atoms with Crippen molar-refractivity contribution in [3.63, 3.8) is 0 Å². The Morgan fingerprint density at radius 3 is 3.00 bits per heavy atom. The summed E-state index contributed by atoms with van der Waals surface area (Å²) in [5, 5.41) is 8.37. The Kier molecular flexibility index (Phi) is 2.89. The van der Waals surface area contributed by atoms with E-state index in [2.05, 4.69) is 20.4 Å². The Morgan fingerprint density at radius 2 is 2.28 bits per heavy atom. The maximum atomic E-state index is 6.09. The third-order valence-corrected chi connectivity index (χ3v) is 3.82. The van der Waals surface area contributed by atoms with Gasteiger partial charge in [0.05, 0.1) is 21.8 Å². The number of rotatable bonds is 3. The van der Waals surface area contributed by atoms with Gasteiger partial charge in [0, 0.05) is 0 Å². The molecule has 1 N–H and O–H groups in total. The minimum atomic E-state index is 0.457. The maximum absolute atomic E-state index is 6.09. The van der Waals surface area contributed by atoms with Crippen LogP contribution in [0.2, 0.25) is 5.02 Å². The molecule has 0 amide bonds. The van der Waals surface area contributed by atoms with E-state index in [1.807, 2.05) is 18.2 Å². The van der Waals surface area contributed by atoms with Crippen LogP contribution in [0.5, 0.6) is 0 Å². The first-order chi connectivity index (χ1) is 8.72. The summed E-state index contributed by atoms with van der Waals surface area (Å²) in [7, 11) is 0. The van der Waals surface area contributed by atoms with Crippen LogP contribution in [0.25, 0.3) is 10.2 Å². The summed E-state index contributed by atoms with van der Waals surface area (Å²) in [5.41, 5.74) is 0.886. The molecule has 0 aliphatic carbocycles. The van der Waals surface area contributed by atoms with Crippen LogP contribution < -0.4 is 5.32 Å². The molecule has 18 heavy (non-hydrogen) atoms. The van der Waals surface area contributed by atoms with Gasteiger partial charge in [-0.1, -0.05) is 34.2 Å². The molecule has 0 fully saturated rings. The van der Waals surface area contributed by atoms with Gasteiger partial charge in [-0.3, -0.25) is 0 Å². The van der Waals surface area contributed by atoms with Crippen molar-refractivity contribution in [2.75, 3.05) is 5.32 Å². The zero-order chi connectivity index (χ0) is 12.5. The predicted octanol–water partition coefficient (Wildman–Crippen LogP) is 3.25. The predicted molar refractivity (Wildman–Crippen MR) is 71.0 cm³/mol. The van der Waals surface area contributed by atoms with E-state index in [0.29, 0.717) is 23.3 Å². The van der Waals surface area contributed by atoms with Crippen molar-refractivity contribution >= 4 is 38.3 Å². The van der Waals surface area contributed by atoms with Crippen LogP contribution in [-0.4, -0.2) is 15.1 Å². The number of hydrogen-bond donors (Lipinski definition) is 1. The van der Waals surface area contributed by atoms with Gasteiger partial charge in [0.2, 0.25) is 5.89 Å². The Balaban J connectivity index is 1.81. The molecule has 0 atom stereocenters. The lowest BCUT2D eigenvalue weighted by Crippen LogP contribution is -1.98. The molecule has 0 saturated heterocycles. The first-order valence-corrected chi connectivity index (χ1v) is 6.50. The largest absolute Gasteiger partial charge is 0.352 e. The standard InChI is InChI=1S/C11H9ClN4OS/c1-6-14-9(17-16-6)5-13-11-15-8-4-2-3-7(12)10(8)18-11/h2-4H,5H2,1H3,(H,13,15). The molecule has 2 heterocycles. The molecule has 2 aromatic heterocycles. The zero-order valence-electron chi connectivity index (χ0n) is 9.48. The normalized spacial score (nSPS) is 11.0. The van der Waals surface area contributed by atoms with Gasteiger partial charge in [-0.25, -0.2) is 4.98 Å². The molecule has 0 radical (unpaired) electrons. The monoisotopic (exact) mass is 280 g/mol. The van der Waals surface area contributed by atoms with Crippen LogP contribution >= 0.6 is 22.9 Å². The van der Waals surface area contributed by atoms with E-state index in [1.165, 1.54) is 11.3 Å². The molecule has 0 aliphatic rings. The van der Waals surface area contributed by atoms with Crippen molar-refractivity contribution in [3.8, 4) is 0 Å². The van der Waals surface area contributed by atoms with Crippen LogP contribution in [0, 0.1) is 6.92 Å². The van der Waals surface area contributed by atoms with Gasteiger partial charge < -0.3 is 9.84 Å². The first-order valence-electron chi connectivity index (χ1n) is 5.30. The highest BCUT2D eigenvalue weighted by Crippen LogP contribution is 2.31. The molecule has 0 unspecified atom stereocenters. The molecule has 0 bridgehead atoms. The summed E-state index contributed by atoms with van der Waals surface area (Å²) in [6, 6.07) is 5.67. The number of aryl methyl sites for hydroxylation is 1. The van der Waals surface area contributed by atoms with Gasteiger partial charge in [-0.05, 0) is 19.1 Å². The molecular weight excluding hydrogens is 272 g/mol. The number of anilines is 1. The zero-order valence-corrected chi connectivity index (χ0v) is 11.0. The Bertz CT molecular complexity index is 693. The molecular formula is C11H9ClN4OS. The van der Waals surface area contributed by atoms with E-state index in [-0.39, 0.29) is 0 Å². The van der Waals surface area contributed by atoms with Crippen LogP contribution in [0.4, 0.5) is 5.13 Å². The number of hydrogen-bond acceptors (Lipinski definition) is 6. The summed E-state index contributed by atoms with van der Waals surface area (Å²) in [4.78, 5) is 8.54. The lowest BCUT2D eigenvalue weighted by atomic mass is 10.3. The van der Waals surface area contributed by atoms with Crippen molar-refractivity contribution in [3.05, 3.63) is 34.9 Å². The summed E-state index contributed by atoms with van der Waals surface area (Å²) in [6.45, 7) is 2.24. The molecule has 0 spiro atoms. The molecule has 3 rings (SSSR count). The molecule has 5 nitrogen and oxygen atoms in total. The number of fused-ring (bicyclic) bond motifs is 1. The SMILES string of the molecule is Cc1noc(CNc2nc3cccc(Cl)c3s2)n1. The minimum Gasteiger partial charge on any atom is -0.352 e. The number of aromatic nitrogens is 3. The van der Waals surface area contributed by atoms with Gasteiger partial charge in [0.25, 0.3) is 0 Å². The minimum absolute atomic E-state index is 0.457. The fourth-order valence-corrected chi connectivity index (χ4v) is 2.70. The van der Waals surface area contributed by atoms with E-state index >= 15 is 0 Å². The van der Waals surface area contributed by atoms with Crippen LogP contribution in [0.15, 0.2) is 22.7 Å². The van der Waals surface area contributed by atoms with Gasteiger partial charge in [-0.2, -0.15) is 4.98 Å². The topological polar surface area (TPSA) is 63.8 Å². The fourth-order valence-electron chi connectivity index (χ4n) is 1.55. The van der Waals surface area contributed by atoms with Crippen molar-refractivity contribution in [2.45, 2.75) is 13.5 Å². The lowest BCUT2D eigenvalue weighted by Gasteiger charge is -1.95. The van der Waals surface area contributed by atoms with E-state index in [9.17, 15) is 0 Å². The lowest BCUT2D eigenvalue weighted by molar-refractivity contribution is 0.379. The second kappa shape index (κ2) is 4.55. The summed E-state index contributed by atoms with van der Waals surface area (Å²) < 4.78 is 5.99. The van der Waals surface area contributed by atoms with Crippen molar-refractivity contribution in [1.82, 2.24) is 15.1 Å². The maximum Gasteiger partial charge on any atom is 0.246 e. The third kappa shape index (κ3) is 2.16. The molecule has 0 saturated carbocycles. The smallest absolute Gasteiger partial charge is 0.246 e. The second-order valence-electron chi connectivity index (χ2n) is 3.70. The van der Waals surface area contributed by atoms with Crippen molar-refractivity contribution < 1.29 is 4.52 Å². The first kappa shape index (κ1) is 11.4. The number of thiazole rings is 1. The Morgan fingerprint density at radius 1 is 1.39 bits per heavy atom. The molecule has 1 aromatic carbocycles. The van der Waals surface area contributed by atoms with Crippen molar-refractivity contribution in [2.24, 2.45) is 0 Å². The summed E-state index contributed by atoms with van der Waals surface area (Å²) in [5.74, 6) is 1.16. The number of halogens is 1. The highest BCUT2D eigenvalue weighted by molar-refractivity contribution is 7.22. The van der Waals surface area contributed by atoms with Crippen LogP contribution in [-0.2, 0) is 6.54 Å². The fraction of sp³-hybridized carbons (Fsp3) is 0.182. The van der Waals surface area contributed by atoms with Gasteiger partial charge in [-0.15, -0.1) is 0 Å². The van der Waals surface area contributed by atoms with E-state index in [0.717, 1.165) is 15.3 Å². The van der Waals surface area contributed by atoms with E-state index < -0.39 is 0 Å². The Hall–Kier alpha value is -1.66. The number of benzene rings is 1. The van der Waals surface area contributed by atoms with E-state index in [1.54, 1.807) is 6.92 Å². The van der Waals surface area contributed by atoms with E-state index in [4.69, 9.17) is 16.1 Å². The van der Waals surface area contributed by atoms with Gasteiger partial charge in [0.15, 0.2) is 11.0 Å². The van der Waals surface area contributed by atoms with Crippen molar-refractivity contribution in [1.29, 1.82) is 0 Å². The number of nitrogens with zero attached hydrogens (tertiary/aromatic N) is 3. The second-order valence-corrected chi connectivity index (χ2v) is 5.10. The summed E-state index contributed by atoms with van der Waals surface area (Å²) >= 11 is 7.60. The molecule has 7 heteroatoms. The summed E-state index contributed by atoms with van der Waals surface area (Å²) in [6.07, 6.45) is 0. The average molecular weight is 281 g/mol. The highest BCUT2D eigenvalue weighted by atomic mass is 35.5. The molecule has 0 aliphatic heterocycles. The van der Waals surface area contributed by atoms with Crippen LogP contribution in [0.3, 0.4) is 0 Å². The quantitative estimate of drug-likeness (QED) is 0.798. The molecule has 92 valence electrons. The van der Waals surface area contributed by atoms with Gasteiger partial charge in [0.1, 0.15) is 0 Å². The third-order valence-electron chi connectivity index (χ3n) is 2.33. The molecule has 3 aromatic rings.